The predicted octanol–water partition coefficient (Wildman–Crippen LogP) is 2.44. The standard InChI is InChI=1S/C11H15O5P/c1-13-17(12,14-2)6-5-9-3-4-10-11(7-9)16-8-15-10/h3-4,7H,5-6,8H2,1-2H3. The van der Waals surface area contributed by atoms with Crippen molar-refractivity contribution in [1.82, 2.24) is 0 Å². The van der Waals surface area contributed by atoms with Crippen molar-refractivity contribution in [2.75, 3.05) is 27.2 Å². The zero-order chi connectivity index (χ0) is 12.3. The van der Waals surface area contributed by atoms with Crippen molar-refractivity contribution in [2.24, 2.45) is 0 Å². The first-order chi connectivity index (χ1) is 8.17. The van der Waals surface area contributed by atoms with Gasteiger partial charge in [0.25, 0.3) is 0 Å². The molecule has 0 bridgehead atoms. The van der Waals surface area contributed by atoms with Crippen LogP contribution in [0, 0.1) is 0 Å². The summed E-state index contributed by atoms with van der Waals surface area (Å²) in [6.45, 7) is 0.257. The van der Waals surface area contributed by atoms with Gasteiger partial charge in [-0.1, -0.05) is 6.07 Å². The van der Waals surface area contributed by atoms with Crippen LogP contribution in [0.25, 0.3) is 0 Å². The smallest absolute Gasteiger partial charge is 0.330 e. The van der Waals surface area contributed by atoms with Gasteiger partial charge >= 0.3 is 7.60 Å². The van der Waals surface area contributed by atoms with Gasteiger partial charge in [-0.25, -0.2) is 0 Å². The normalized spacial score (nSPS) is 14.0. The topological polar surface area (TPSA) is 54.0 Å². The molecule has 0 saturated heterocycles. The van der Waals surface area contributed by atoms with E-state index in [-0.39, 0.29) is 6.79 Å². The highest BCUT2D eigenvalue weighted by atomic mass is 31.2. The maximum absolute atomic E-state index is 11.9. The molecule has 6 heteroatoms. The van der Waals surface area contributed by atoms with Gasteiger partial charge in [-0.05, 0) is 24.1 Å². The summed E-state index contributed by atoms with van der Waals surface area (Å²) >= 11 is 0. The van der Waals surface area contributed by atoms with E-state index in [0.29, 0.717) is 12.6 Å². The summed E-state index contributed by atoms with van der Waals surface area (Å²) in [4.78, 5) is 0. The zero-order valence-corrected chi connectivity index (χ0v) is 10.7. The average Bonchev–Trinajstić information content (AvgIpc) is 2.83. The maximum atomic E-state index is 11.9. The van der Waals surface area contributed by atoms with E-state index in [1.54, 1.807) is 0 Å². The summed E-state index contributed by atoms with van der Waals surface area (Å²) in [6.07, 6.45) is 0.954. The molecule has 1 heterocycles. The van der Waals surface area contributed by atoms with Crippen LogP contribution in [0.15, 0.2) is 18.2 Å². The Morgan fingerprint density at radius 3 is 2.65 bits per heavy atom. The number of hydrogen-bond acceptors (Lipinski definition) is 5. The predicted molar refractivity (Wildman–Crippen MR) is 62.8 cm³/mol. The minimum atomic E-state index is -2.94. The van der Waals surface area contributed by atoms with Gasteiger partial charge in [0.2, 0.25) is 6.79 Å². The number of ether oxygens (including phenoxy) is 2. The van der Waals surface area contributed by atoms with E-state index in [0.717, 1.165) is 17.1 Å². The van der Waals surface area contributed by atoms with E-state index in [2.05, 4.69) is 0 Å². The Labute approximate surface area is 100 Å². The first kappa shape index (κ1) is 12.4. The van der Waals surface area contributed by atoms with Crippen molar-refractivity contribution in [3.63, 3.8) is 0 Å². The minimum absolute atomic E-state index is 0.257. The summed E-state index contributed by atoms with van der Waals surface area (Å²) < 4.78 is 32.1. The van der Waals surface area contributed by atoms with E-state index >= 15 is 0 Å². The lowest BCUT2D eigenvalue weighted by atomic mass is 10.1. The Morgan fingerprint density at radius 2 is 1.94 bits per heavy atom. The van der Waals surface area contributed by atoms with Crippen molar-refractivity contribution < 1.29 is 23.1 Å². The number of hydrogen-bond donors (Lipinski definition) is 0. The summed E-state index contributed by atoms with van der Waals surface area (Å²) in [7, 11) is -0.153. The molecule has 1 aliphatic rings. The van der Waals surface area contributed by atoms with Crippen molar-refractivity contribution in [2.45, 2.75) is 6.42 Å². The van der Waals surface area contributed by atoms with Crippen molar-refractivity contribution in [1.29, 1.82) is 0 Å². The van der Waals surface area contributed by atoms with Gasteiger partial charge in [-0.15, -0.1) is 0 Å². The van der Waals surface area contributed by atoms with Gasteiger partial charge in [-0.3, -0.25) is 4.57 Å². The fourth-order valence-electron chi connectivity index (χ4n) is 1.62. The Balaban J connectivity index is 2.02. The molecule has 0 saturated carbocycles. The highest BCUT2D eigenvalue weighted by Crippen LogP contribution is 2.46. The summed E-state index contributed by atoms with van der Waals surface area (Å²) in [5.41, 5.74) is 1.02. The van der Waals surface area contributed by atoms with Crippen LogP contribution in [0.4, 0.5) is 0 Å². The van der Waals surface area contributed by atoms with Crippen LogP contribution in [0.2, 0.25) is 0 Å². The molecule has 1 aliphatic heterocycles. The second-order valence-electron chi connectivity index (χ2n) is 3.64. The Morgan fingerprint density at radius 1 is 1.24 bits per heavy atom. The monoisotopic (exact) mass is 258 g/mol. The van der Waals surface area contributed by atoms with Crippen LogP contribution in [0.1, 0.15) is 5.56 Å². The van der Waals surface area contributed by atoms with Gasteiger partial charge in [0.05, 0.1) is 6.16 Å². The largest absolute Gasteiger partial charge is 0.454 e. The molecular weight excluding hydrogens is 243 g/mol. The van der Waals surface area contributed by atoms with E-state index < -0.39 is 7.60 Å². The molecule has 0 N–H and O–H groups in total. The second-order valence-corrected chi connectivity index (χ2v) is 6.04. The molecule has 17 heavy (non-hydrogen) atoms. The highest BCUT2D eigenvalue weighted by molar-refractivity contribution is 7.53. The van der Waals surface area contributed by atoms with Crippen LogP contribution in [0.5, 0.6) is 11.5 Å². The molecule has 0 aliphatic carbocycles. The maximum Gasteiger partial charge on any atom is 0.330 e. The van der Waals surface area contributed by atoms with Crippen molar-refractivity contribution in [3.8, 4) is 11.5 Å². The van der Waals surface area contributed by atoms with E-state index in [4.69, 9.17) is 18.5 Å². The molecule has 0 aromatic heterocycles. The average molecular weight is 258 g/mol. The van der Waals surface area contributed by atoms with E-state index in [1.165, 1.54) is 14.2 Å². The molecule has 1 aromatic carbocycles. The van der Waals surface area contributed by atoms with Crippen LogP contribution >= 0.6 is 7.60 Å². The SMILES string of the molecule is COP(=O)(CCc1ccc2c(c1)OCO2)OC. The molecule has 5 nitrogen and oxygen atoms in total. The Bertz CT molecular complexity index is 437. The lowest BCUT2D eigenvalue weighted by Crippen LogP contribution is -1.98. The van der Waals surface area contributed by atoms with Crippen LogP contribution in [-0.4, -0.2) is 27.2 Å². The quantitative estimate of drug-likeness (QED) is 0.759. The van der Waals surface area contributed by atoms with Crippen molar-refractivity contribution >= 4 is 7.60 Å². The zero-order valence-electron chi connectivity index (χ0n) is 9.84. The van der Waals surface area contributed by atoms with Gasteiger partial charge in [0.15, 0.2) is 11.5 Å². The molecule has 0 fully saturated rings. The minimum Gasteiger partial charge on any atom is -0.454 e. The first-order valence-electron chi connectivity index (χ1n) is 5.26. The van der Waals surface area contributed by atoms with Crippen molar-refractivity contribution in [3.05, 3.63) is 23.8 Å². The molecule has 2 rings (SSSR count). The van der Waals surface area contributed by atoms with Crippen LogP contribution in [-0.2, 0) is 20.0 Å². The third-order valence-electron chi connectivity index (χ3n) is 2.67. The van der Waals surface area contributed by atoms with Gasteiger partial charge < -0.3 is 18.5 Å². The fourth-order valence-corrected chi connectivity index (χ4v) is 2.67. The highest BCUT2D eigenvalue weighted by Gasteiger charge is 2.21. The molecule has 1 aromatic rings. The lowest BCUT2D eigenvalue weighted by Gasteiger charge is -2.13. The molecule has 0 unspecified atom stereocenters. The van der Waals surface area contributed by atoms with Gasteiger partial charge in [0.1, 0.15) is 0 Å². The number of aryl methyl sites for hydroxylation is 1. The van der Waals surface area contributed by atoms with Crippen LogP contribution < -0.4 is 9.47 Å². The molecule has 0 spiro atoms. The summed E-state index contributed by atoms with van der Waals surface area (Å²) in [5.74, 6) is 1.47. The Hall–Kier alpha value is -1.03. The number of fused-ring (bicyclic) bond motifs is 1. The molecule has 0 atom stereocenters. The van der Waals surface area contributed by atoms with Crippen LogP contribution in [0.3, 0.4) is 0 Å². The molecule has 0 amide bonds. The molecule has 0 radical (unpaired) electrons. The van der Waals surface area contributed by atoms with Gasteiger partial charge in [-0.2, -0.15) is 0 Å². The fraction of sp³-hybridized carbons (Fsp3) is 0.455. The van der Waals surface area contributed by atoms with Gasteiger partial charge in [0, 0.05) is 14.2 Å². The number of benzene rings is 1. The lowest BCUT2D eigenvalue weighted by molar-refractivity contribution is 0.174. The third kappa shape index (κ3) is 2.80. The third-order valence-corrected chi connectivity index (χ3v) is 4.55. The number of rotatable bonds is 5. The molecule has 94 valence electrons. The molecular formula is C11H15O5P. The van der Waals surface area contributed by atoms with E-state index in [9.17, 15) is 4.57 Å². The second kappa shape index (κ2) is 5.08. The summed E-state index contributed by atoms with van der Waals surface area (Å²) in [5, 5.41) is 0. The van der Waals surface area contributed by atoms with E-state index in [1.807, 2.05) is 18.2 Å². The first-order valence-corrected chi connectivity index (χ1v) is 6.99. The summed E-state index contributed by atoms with van der Waals surface area (Å²) in [6, 6.07) is 5.66. The Kier molecular flexibility index (Phi) is 3.72.